The van der Waals surface area contributed by atoms with Crippen LogP contribution in [0.4, 0.5) is 0 Å². The number of hydrogen-bond donors (Lipinski definition) is 1. The second-order valence-electron chi connectivity index (χ2n) is 9.23. The zero-order valence-corrected chi connectivity index (χ0v) is 20.1. The van der Waals surface area contributed by atoms with Crippen LogP contribution in [0.25, 0.3) is 5.82 Å². The van der Waals surface area contributed by atoms with Crippen LogP contribution < -0.4 is 10.1 Å². The van der Waals surface area contributed by atoms with Crippen LogP contribution in [0.15, 0.2) is 36.8 Å². The third-order valence-corrected chi connectivity index (χ3v) is 6.45. The molecule has 0 amide bonds. The van der Waals surface area contributed by atoms with Gasteiger partial charge in [0, 0.05) is 55.6 Å². The number of nitriles is 1. The molecule has 0 aliphatic carbocycles. The first-order valence-corrected chi connectivity index (χ1v) is 11.8. The van der Waals surface area contributed by atoms with Crippen molar-refractivity contribution in [2.45, 2.75) is 46.1 Å². The fraction of sp³-hybridized carbons (Fsp3) is 0.385. The van der Waals surface area contributed by atoms with E-state index >= 15 is 0 Å². The van der Waals surface area contributed by atoms with Gasteiger partial charge in [0.2, 0.25) is 0 Å². The second kappa shape index (κ2) is 9.49. The van der Waals surface area contributed by atoms with Crippen molar-refractivity contribution in [1.29, 1.82) is 5.26 Å². The number of esters is 1. The van der Waals surface area contributed by atoms with E-state index in [9.17, 15) is 10.1 Å². The summed E-state index contributed by atoms with van der Waals surface area (Å²) in [6, 6.07) is 7.99. The van der Waals surface area contributed by atoms with Crippen LogP contribution in [0.2, 0.25) is 0 Å². The molecule has 2 aliphatic rings. The molecule has 2 aliphatic heterocycles. The molecule has 0 radical (unpaired) electrons. The minimum atomic E-state index is -0.232. The average molecular weight is 473 g/mol. The number of benzene rings is 1. The third kappa shape index (κ3) is 4.63. The fourth-order valence-electron chi connectivity index (χ4n) is 4.72. The first-order chi connectivity index (χ1) is 16.9. The van der Waals surface area contributed by atoms with Crippen LogP contribution in [0.1, 0.15) is 58.1 Å². The van der Waals surface area contributed by atoms with E-state index in [1.807, 2.05) is 38.4 Å². The van der Waals surface area contributed by atoms with Crippen molar-refractivity contribution in [3.8, 4) is 17.6 Å². The van der Waals surface area contributed by atoms with Gasteiger partial charge in [-0.05, 0) is 38.0 Å². The Morgan fingerprint density at radius 2 is 2.20 bits per heavy atom. The Labute approximate surface area is 204 Å². The Balaban J connectivity index is 1.30. The number of nitrogens with one attached hydrogen (secondary N) is 1. The van der Waals surface area contributed by atoms with Crippen molar-refractivity contribution in [2.75, 3.05) is 19.6 Å². The summed E-state index contributed by atoms with van der Waals surface area (Å²) < 4.78 is 12.7. The Hall–Kier alpha value is -3.74. The van der Waals surface area contributed by atoms with Crippen molar-refractivity contribution in [2.24, 2.45) is 0 Å². The monoisotopic (exact) mass is 472 g/mol. The molecule has 1 atom stereocenters. The zero-order valence-electron chi connectivity index (χ0n) is 20.1. The SMILES string of the molecule is Cc1c(C2CN(Cc3cnn(-c4cc(OC(C)C)c(C#N)cn4)c3)CCN2)ccc2c1COC2=O. The molecular weight excluding hydrogens is 444 g/mol. The highest BCUT2D eigenvalue weighted by molar-refractivity contribution is 5.94. The van der Waals surface area contributed by atoms with Gasteiger partial charge in [-0.25, -0.2) is 14.5 Å². The molecule has 5 rings (SSSR count). The standard InChI is InChI=1S/C26H28N6O3/c1-16(2)35-24-8-25(29-11-19(24)9-27)32-13-18(10-30-32)12-31-7-6-28-23(14-31)20-4-5-21-22(17(20)3)15-34-26(21)33/h4-5,8,10-11,13,16,23,28H,6-7,12,14-15H2,1-3H3. The quantitative estimate of drug-likeness (QED) is 0.546. The van der Waals surface area contributed by atoms with Crippen molar-refractivity contribution in [3.05, 3.63) is 70.2 Å². The summed E-state index contributed by atoms with van der Waals surface area (Å²) in [6.45, 7) is 9.68. The van der Waals surface area contributed by atoms with E-state index in [1.54, 1.807) is 10.7 Å². The molecule has 0 bridgehead atoms. The summed E-state index contributed by atoms with van der Waals surface area (Å²) in [5, 5.41) is 17.4. The van der Waals surface area contributed by atoms with Gasteiger partial charge in [-0.15, -0.1) is 0 Å². The minimum Gasteiger partial charge on any atom is -0.489 e. The highest BCUT2D eigenvalue weighted by Gasteiger charge is 2.28. The summed E-state index contributed by atoms with van der Waals surface area (Å²) in [4.78, 5) is 18.7. The van der Waals surface area contributed by atoms with Gasteiger partial charge in [-0.1, -0.05) is 6.07 Å². The molecule has 3 aromatic rings. The number of nitrogens with zero attached hydrogens (tertiary/aromatic N) is 5. The van der Waals surface area contributed by atoms with Crippen LogP contribution in [0.5, 0.6) is 5.75 Å². The predicted molar refractivity (Wildman–Crippen MR) is 128 cm³/mol. The van der Waals surface area contributed by atoms with Gasteiger partial charge >= 0.3 is 5.97 Å². The van der Waals surface area contributed by atoms with Gasteiger partial charge < -0.3 is 14.8 Å². The molecule has 0 spiro atoms. The number of hydrogen-bond acceptors (Lipinski definition) is 8. The van der Waals surface area contributed by atoms with E-state index in [1.165, 1.54) is 11.8 Å². The van der Waals surface area contributed by atoms with Gasteiger partial charge in [-0.3, -0.25) is 4.90 Å². The highest BCUT2D eigenvalue weighted by Crippen LogP contribution is 2.30. The highest BCUT2D eigenvalue weighted by atomic mass is 16.5. The molecule has 0 saturated carbocycles. The maximum atomic E-state index is 11.9. The molecular formula is C26H28N6O3. The Kier molecular flexibility index (Phi) is 6.24. The molecule has 2 aromatic heterocycles. The van der Waals surface area contributed by atoms with Crippen LogP contribution >= 0.6 is 0 Å². The number of aromatic nitrogens is 3. The van der Waals surface area contributed by atoms with Crippen molar-refractivity contribution in [3.63, 3.8) is 0 Å². The molecule has 1 fully saturated rings. The Morgan fingerprint density at radius 3 is 3.00 bits per heavy atom. The number of rotatable bonds is 6. The smallest absolute Gasteiger partial charge is 0.338 e. The Morgan fingerprint density at radius 1 is 1.34 bits per heavy atom. The summed E-state index contributed by atoms with van der Waals surface area (Å²) in [5.41, 5.74) is 5.51. The summed E-state index contributed by atoms with van der Waals surface area (Å²) in [7, 11) is 0. The van der Waals surface area contributed by atoms with E-state index < -0.39 is 0 Å². The lowest BCUT2D eigenvalue weighted by molar-refractivity contribution is 0.0535. The van der Waals surface area contributed by atoms with E-state index in [-0.39, 0.29) is 18.1 Å². The number of pyridine rings is 1. The summed E-state index contributed by atoms with van der Waals surface area (Å²) >= 11 is 0. The van der Waals surface area contributed by atoms with Gasteiger partial charge in [0.25, 0.3) is 0 Å². The van der Waals surface area contributed by atoms with E-state index in [0.29, 0.717) is 29.3 Å². The zero-order chi connectivity index (χ0) is 24.5. The van der Waals surface area contributed by atoms with Gasteiger partial charge in [0.1, 0.15) is 24.0 Å². The molecule has 9 nitrogen and oxygen atoms in total. The number of ether oxygens (including phenoxy) is 2. The maximum absolute atomic E-state index is 11.9. The molecule has 1 unspecified atom stereocenters. The van der Waals surface area contributed by atoms with Crippen LogP contribution in [0, 0.1) is 18.3 Å². The first-order valence-electron chi connectivity index (χ1n) is 11.8. The Bertz CT molecular complexity index is 1310. The van der Waals surface area contributed by atoms with Crippen LogP contribution in [-0.2, 0) is 17.9 Å². The largest absolute Gasteiger partial charge is 0.489 e. The normalized spacial score (nSPS) is 17.8. The topological polar surface area (TPSA) is 105 Å². The third-order valence-electron chi connectivity index (χ3n) is 6.45. The second-order valence-corrected chi connectivity index (χ2v) is 9.23. The molecule has 35 heavy (non-hydrogen) atoms. The van der Waals surface area contributed by atoms with Crippen molar-refractivity contribution in [1.82, 2.24) is 25.0 Å². The number of carbonyl (C=O) groups is 1. The lowest BCUT2D eigenvalue weighted by Gasteiger charge is -2.34. The first kappa shape index (κ1) is 23.0. The maximum Gasteiger partial charge on any atom is 0.338 e. The van der Waals surface area contributed by atoms with Crippen LogP contribution in [-0.4, -0.2) is 51.4 Å². The van der Waals surface area contributed by atoms with Gasteiger partial charge in [0.15, 0.2) is 5.82 Å². The molecule has 1 saturated heterocycles. The lowest BCUT2D eigenvalue weighted by atomic mass is 9.93. The molecule has 1 N–H and O–H groups in total. The lowest BCUT2D eigenvalue weighted by Crippen LogP contribution is -2.45. The fourth-order valence-corrected chi connectivity index (χ4v) is 4.72. The molecule has 4 heterocycles. The van der Waals surface area contributed by atoms with E-state index in [2.05, 4.69) is 33.3 Å². The van der Waals surface area contributed by atoms with Crippen molar-refractivity contribution >= 4 is 5.97 Å². The minimum absolute atomic E-state index is 0.0477. The van der Waals surface area contributed by atoms with E-state index in [0.717, 1.165) is 42.9 Å². The number of cyclic esters (lactones) is 1. The number of fused-ring (bicyclic) bond motifs is 1. The number of carbonyl (C=O) groups excluding carboxylic acids is 1. The van der Waals surface area contributed by atoms with E-state index in [4.69, 9.17) is 9.47 Å². The molecule has 1 aromatic carbocycles. The van der Waals surface area contributed by atoms with Crippen LogP contribution in [0.3, 0.4) is 0 Å². The van der Waals surface area contributed by atoms with Gasteiger partial charge in [0.05, 0.1) is 24.1 Å². The average Bonchev–Trinajstić information content (AvgIpc) is 3.46. The number of piperazine rings is 1. The summed E-state index contributed by atoms with van der Waals surface area (Å²) in [5.74, 6) is 0.880. The molecule has 180 valence electrons. The predicted octanol–water partition coefficient (Wildman–Crippen LogP) is 3.05. The van der Waals surface area contributed by atoms with Gasteiger partial charge in [-0.2, -0.15) is 10.4 Å². The molecule has 9 heteroatoms. The summed E-state index contributed by atoms with van der Waals surface area (Å²) in [6.07, 6.45) is 5.29. The van der Waals surface area contributed by atoms with Crippen molar-refractivity contribution < 1.29 is 14.3 Å².